The number of para-hydroxylation sites is 1. The Bertz CT molecular complexity index is 463. The highest BCUT2D eigenvalue weighted by molar-refractivity contribution is 6.03. The molecule has 0 spiro atoms. The number of carbonyl (C=O) groups excluding carboxylic acids is 2. The van der Waals surface area contributed by atoms with Crippen molar-refractivity contribution in [3.05, 3.63) is 29.3 Å². The zero-order valence-electron chi connectivity index (χ0n) is 12.2. The molecule has 7 heteroatoms. The van der Waals surface area contributed by atoms with Crippen LogP contribution in [0.25, 0.3) is 0 Å². The first-order valence-electron chi connectivity index (χ1n) is 5.79. The Kier molecular flexibility index (Phi) is 5.48. The molecule has 0 radical (unpaired) electrons. The average Bonchev–Trinajstić information content (AvgIpc) is 2.50. The fourth-order valence-electron chi connectivity index (χ4n) is 1.60. The number of hydrogen-bond acceptors (Lipinski definition) is 5. The summed E-state index contributed by atoms with van der Waals surface area (Å²) in [6, 6.07) is 4.70. The van der Waals surface area contributed by atoms with Crippen molar-refractivity contribution in [3.63, 3.8) is 0 Å². The molecule has 0 unspecified atom stereocenters. The molecule has 7 nitrogen and oxygen atoms in total. The number of hydroxylamine groups is 4. The van der Waals surface area contributed by atoms with Crippen LogP contribution >= 0.6 is 0 Å². The van der Waals surface area contributed by atoms with Gasteiger partial charge in [0.15, 0.2) is 0 Å². The van der Waals surface area contributed by atoms with Crippen LogP contribution in [0.5, 0.6) is 5.75 Å². The van der Waals surface area contributed by atoms with Crippen molar-refractivity contribution in [3.8, 4) is 5.75 Å². The maximum absolute atomic E-state index is 12.1. The molecule has 0 aliphatic heterocycles. The fourth-order valence-corrected chi connectivity index (χ4v) is 1.60. The van der Waals surface area contributed by atoms with E-state index in [1.165, 1.54) is 35.4 Å². The summed E-state index contributed by atoms with van der Waals surface area (Å²) in [5.41, 5.74) is 0.458. The molecule has 0 N–H and O–H groups in total. The van der Waals surface area contributed by atoms with E-state index in [2.05, 4.69) is 0 Å². The van der Waals surface area contributed by atoms with E-state index in [0.717, 1.165) is 10.1 Å². The molecule has 110 valence electrons. The Morgan fingerprint density at radius 2 is 1.30 bits per heavy atom. The van der Waals surface area contributed by atoms with E-state index in [0.29, 0.717) is 0 Å². The van der Waals surface area contributed by atoms with E-state index < -0.39 is 11.8 Å². The van der Waals surface area contributed by atoms with Gasteiger partial charge in [-0.15, -0.1) is 0 Å². The van der Waals surface area contributed by atoms with Gasteiger partial charge in [-0.05, 0) is 12.1 Å². The van der Waals surface area contributed by atoms with E-state index in [9.17, 15) is 9.59 Å². The smallest absolute Gasteiger partial charge is 0.280 e. The SMILES string of the molecule is COc1c(C(=O)N(C)OC)cccc1C(=O)N(C)OC. The van der Waals surface area contributed by atoms with Crippen LogP contribution in [-0.2, 0) is 9.68 Å². The number of benzene rings is 1. The minimum atomic E-state index is -0.418. The summed E-state index contributed by atoms with van der Waals surface area (Å²) in [6.45, 7) is 0. The number of nitrogens with zero attached hydrogens (tertiary/aromatic N) is 2. The average molecular weight is 282 g/mol. The number of carbonyl (C=O) groups is 2. The Morgan fingerprint density at radius 3 is 1.60 bits per heavy atom. The molecule has 0 atom stereocenters. The molecule has 2 amide bonds. The van der Waals surface area contributed by atoms with E-state index in [1.54, 1.807) is 18.2 Å². The molecule has 0 aliphatic rings. The topological polar surface area (TPSA) is 68.3 Å². The zero-order valence-corrected chi connectivity index (χ0v) is 12.2. The lowest BCUT2D eigenvalue weighted by Crippen LogP contribution is -2.28. The summed E-state index contributed by atoms with van der Waals surface area (Å²) in [7, 11) is 7.08. The summed E-state index contributed by atoms with van der Waals surface area (Å²) in [6.07, 6.45) is 0. The van der Waals surface area contributed by atoms with Crippen molar-refractivity contribution >= 4 is 11.8 Å². The molecule has 0 saturated carbocycles. The van der Waals surface area contributed by atoms with Crippen LogP contribution in [0.15, 0.2) is 18.2 Å². The van der Waals surface area contributed by atoms with Crippen molar-refractivity contribution < 1.29 is 24.0 Å². The van der Waals surface area contributed by atoms with Crippen LogP contribution in [0.2, 0.25) is 0 Å². The third-order valence-electron chi connectivity index (χ3n) is 2.80. The van der Waals surface area contributed by atoms with Crippen LogP contribution in [0, 0.1) is 0 Å². The normalized spacial score (nSPS) is 10.1. The number of methoxy groups -OCH3 is 1. The van der Waals surface area contributed by atoms with Crippen molar-refractivity contribution in [2.45, 2.75) is 0 Å². The second-order valence-corrected chi connectivity index (χ2v) is 3.86. The van der Waals surface area contributed by atoms with Gasteiger partial charge in [-0.3, -0.25) is 19.3 Å². The highest BCUT2D eigenvalue weighted by Gasteiger charge is 2.24. The van der Waals surface area contributed by atoms with Gasteiger partial charge in [0.25, 0.3) is 11.8 Å². The monoisotopic (exact) mass is 282 g/mol. The van der Waals surface area contributed by atoms with Gasteiger partial charge in [0.05, 0.1) is 32.5 Å². The van der Waals surface area contributed by atoms with Gasteiger partial charge in [-0.2, -0.15) is 0 Å². The van der Waals surface area contributed by atoms with Gasteiger partial charge in [0.1, 0.15) is 5.75 Å². The molecule has 1 rings (SSSR count). The van der Waals surface area contributed by atoms with Crippen molar-refractivity contribution in [1.29, 1.82) is 0 Å². The van der Waals surface area contributed by atoms with Gasteiger partial charge >= 0.3 is 0 Å². The molecule has 0 fully saturated rings. The first kappa shape index (κ1) is 15.9. The van der Waals surface area contributed by atoms with Gasteiger partial charge in [-0.25, -0.2) is 10.1 Å². The summed E-state index contributed by atoms with van der Waals surface area (Å²) >= 11 is 0. The minimum absolute atomic E-state index is 0.176. The largest absolute Gasteiger partial charge is 0.495 e. The predicted molar refractivity (Wildman–Crippen MR) is 71.2 cm³/mol. The zero-order chi connectivity index (χ0) is 15.3. The number of rotatable bonds is 5. The van der Waals surface area contributed by atoms with Crippen molar-refractivity contribution in [2.24, 2.45) is 0 Å². The quantitative estimate of drug-likeness (QED) is 0.752. The molecule has 0 heterocycles. The summed E-state index contributed by atoms with van der Waals surface area (Å²) in [4.78, 5) is 34.0. The minimum Gasteiger partial charge on any atom is -0.495 e. The lowest BCUT2D eigenvalue weighted by molar-refractivity contribution is -0.0765. The Labute approximate surface area is 117 Å². The first-order valence-corrected chi connectivity index (χ1v) is 5.79. The molecule has 20 heavy (non-hydrogen) atoms. The fraction of sp³-hybridized carbons (Fsp3) is 0.385. The third kappa shape index (κ3) is 3.06. The lowest BCUT2D eigenvalue weighted by Gasteiger charge is -2.19. The highest BCUT2D eigenvalue weighted by atomic mass is 16.7. The van der Waals surface area contributed by atoms with Crippen molar-refractivity contribution in [1.82, 2.24) is 10.1 Å². The number of amides is 2. The van der Waals surface area contributed by atoms with Crippen LogP contribution in [0.1, 0.15) is 20.7 Å². The van der Waals surface area contributed by atoms with E-state index in [4.69, 9.17) is 14.4 Å². The van der Waals surface area contributed by atoms with Crippen LogP contribution < -0.4 is 4.74 Å². The molecule has 0 bridgehead atoms. The van der Waals surface area contributed by atoms with Crippen LogP contribution in [0.3, 0.4) is 0 Å². The van der Waals surface area contributed by atoms with Crippen LogP contribution in [0.4, 0.5) is 0 Å². The second-order valence-electron chi connectivity index (χ2n) is 3.86. The maximum atomic E-state index is 12.1. The van der Waals surface area contributed by atoms with Gasteiger partial charge in [0.2, 0.25) is 0 Å². The van der Waals surface area contributed by atoms with Crippen LogP contribution in [-0.4, -0.2) is 57.4 Å². The van der Waals surface area contributed by atoms with E-state index >= 15 is 0 Å². The Balaban J connectivity index is 3.30. The summed E-state index contributed by atoms with van der Waals surface area (Å²) in [5.74, 6) is -0.659. The molecular weight excluding hydrogens is 264 g/mol. The molecule has 0 saturated heterocycles. The van der Waals surface area contributed by atoms with Gasteiger partial charge in [0, 0.05) is 14.1 Å². The Morgan fingerprint density at radius 1 is 0.900 bits per heavy atom. The standard InChI is InChI=1S/C13H18N2O5/c1-14(19-4)12(16)9-7-6-8-10(11(9)18-3)13(17)15(2)20-5/h6-8H,1-5H3. The molecular formula is C13H18N2O5. The predicted octanol–water partition coefficient (Wildman–Crippen LogP) is 0.962. The number of hydrogen-bond donors (Lipinski definition) is 0. The van der Waals surface area contributed by atoms with Gasteiger partial charge < -0.3 is 4.74 Å². The van der Waals surface area contributed by atoms with Gasteiger partial charge in [-0.1, -0.05) is 6.07 Å². The lowest BCUT2D eigenvalue weighted by atomic mass is 10.1. The third-order valence-corrected chi connectivity index (χ3v) is 2.80. The maximum Gasteiger partial charge on any atom is 0.280 e. The molecule has 1 aromatic carbocycles. The summed E-state index contributed by atoms with van der Waals surface area (Å²) in [5, 5.41) is 2.10. The van der Waals surface area contributed by atoms with E-state index in [1.807, 2.05) is 0 Å². The highest BCUT2D eigenvalue weighted by Crippen LogP contribution is 2.26. The molecule has 0 aliphatic carbocycles. The summed E-state index contributed by atoms with van der Waals surface area (Å²) < 4.78 is 5.20. The molecule has 0 aromatic heterocycles. The second kappa shape index (κ2) is 6.88. The van der Waals surface area contributed by atoms with Crippen molar-refractivity contribution in [2.75, 3.05) is 35.4 Å². The molecule has 1 aromatic rings. The number of ether oxygens (including phenoxy) is 1. The first-order chi connectivity index (χ1) is 9.47. The van der Waals surface area contributed by atoms with E-state index in [-0.39, 0.29) is 16.9 Å². The Hall–Kier alpha value is -2.12.